The monoisotopic (exact) mass is 536 g/mol. The van der Waals surface area contributed by atoms with E-state index >= 15 is 0 Å². The fourth-order valence-corrected chi connectivity index (χ4v) is 8.74. The lowest BCUT2D eigenvalue weighted by Gasteiger charge is -2.52. The highest BCUT2D eigenvalue weighted by Crippen LogP contribution is 2.79. The summed E-state index contributed by atoms with van der Waals surface area (Å²) in [7, 11) is 1.50. The SMILES string of the molecule is COc1ccccc1C(=O)OC1C(C)=CC23C(=O)C(C=C4COC(C)(C)OC4C12O)C1(C)C(CC3C)C1(C)C. The average molecular weight is 537 g/mol. The van der Waals surface area contributed by atoms with Crippen molar-refractivity contribution in [2.45, 2.75) is 78.5 Å². The first-order valence-corrected chi connectivity index (χ1v) is 14.0. The standard InChI is InChI=1S/C32H40O7/c1-17-15-31-18(2)13-23-28(3,4)30(23,7)21(24(31)33)14-19-16-37-29(5,6)39-26(19)32(31,35)25(17)38-27(34)20-11-9-10-12-22(20)36-8/h9-12,14-15,18,21,23,25-26,35H,13,16H2,1-8H3. The zero-order valence-electron chi connectivity index (χ0n) is 24.2. The lowest BCUT2D eigenvalue weighted by atomic mass is 9.58. The average Bonchev–Trinajstić information content (AvgIpc) is 3.25. The first-order valence-electron chi connectivity index (χ1n) is 14.0. The number of ketones is 1. The van der Waals surface area contributed by atoms with Crippen LogP contribution >= 0.6 is 0 Å². The van der Waals surface area contributed by atoms with Gasteiger partial charge in [0.25, 0.3) is 0 Å². The number of ether oxygens (including phenoxy) is 4. The molecule has 1 heterocycles. The van der Waals surface area contributed by atoms with Gasteiger partial charge >= 0.3 is 5.97 Å². The van der Waals surface area contributed by atoms with E-state index in [1.54, 1.807) is 38.1 Å². The summed E-state index contributed by atoms with van der Waals surface area (Å²) in [6.45, 7) is 14.4. The van der Waals surface area contributed by atoms with Gasteiger partial charge in [0.2, 0.25) is 0 Å². The van der Waals surface area contributed by atoms with Crippen LogP contribution in [-0.2, 0) is 19.0 Å². The Hall–Kier alpha value is -2.48. The summed E-state index contributed by atoms with van der Waals surface area (Å²) >= 11 is 0. The Morgan fingerprint density at radius 3 is 2.51 bits per heavy atom. The van der Waals surface area contributed by atoms with Gasteiger partial charge < -0.3 is 24.1 Å². The van der Waals surface area contributed by atoms with Crippen LogP contribution in [0.3, 0.4) is 0 Å². The zero-order valence-corrected chi connectivity index (χ0v) is 24.2. The van der Waals surface area contributed by atoms with Gasteiger partial charge in [0, 0.05) is 5.92 Å². The summed E-state index contributed by atoms with van der Waals surface area (Å²) in [5, 5.41) is 13.2. The van der Waals surface area contributed by atoms with Crippen LogP contribution in [0.15, 0.2) is 47.6 Å². The molecule has 1 aromatic rings. The Bertz CT molecular complexity index is 1320. The number of methoxy groups -OCH3 is 1. The molecule has 1 saturated heterocycles. The second-order valence-electron chi connectivity index (χ2n) is 13.5. The molecule has 1 aliphatic heterocycles. The minimum absolute atomic E-state index is 0.0217. The molecule has 1 aromatic carbocycles. The number of carbonyl (C=O) groups excluding carboxylic acids is 2. The molecular weight excluding hydrogens is 496 g/mol. The van der Waals surface area contributed by atoms with Crippen LogP contribution in [0.25, 0.3) is 0 Å². The molecular formula is C32H40O7. The lowest BCUT2D eigenvalue weighted by molar-refractivity contribution is -0.302. The van der Waals surface area contributed by atoms with Crippen molar-refractivity contribution in [3.8, 4) is 5.75 Å². The number of hydrogen-bond donors (Lipinski definition) is 1. The van der Waals surface area contributed by atoms with E-state index in [2.05, 4.69) is 27.7 Å². The van der Waals surface area contributed by atoms with Gasteiger partial charge in [-0.1, -0.05) is 52.0 Å². The largest absolute Gasteiger partial charge is 0.496 e. The first kappa shape index (κ1) is 26.7. The maximum absolute atomic E-state index is 14.9. The van der Waals surface area contributed by atoms with Gasteiger partial charge in [-0.2, -0.15) is 0 Å². The van der Waals surface area contributed by atoms with E-state index in [1.165, 1.54) is 7.11 Å². The molecule has 6 rings (SSSR count). The Morgan fingerprint density at radius 2 is 1.82 bits per heavy atom. The molecule has 39 heavy (non-hydrogen) atoms. The van der Waals surface area contributed by atoms with E-state index in [9.17, 15) is 14.7 Å². The Balaban J connectivity index is 1.53. The van der Waals surface area contributed by atoms with Gasteiger partial charge in [0.05, 0.1) is 19.1 Å². The van der Waals surface area contributed by atoms with Gasteiger partial charge in [-0.3, -0.25) is 4.79 Å². The van der Waals surface area contributed by atoms with Crippen LogP contribution < -0.4 is 4.74 Å². The fourth-order valence-electron chi connectivity index (χ4n) is 8.74. The van der Waals surface area contributed by atoms with Gasteiger partial charge in [-0.05, 0) is 73.1 Å². The number of allylic oxidation sites excluding steroid dienone is 1. The second kappa shape index (κ2) is 8.05. The highest BCUT2D eigenvalue weighted by molar-refractivity contribution is 5.97. The minimum Gasteiger partial charge on any atom is -0.496 e. The van der Waals surface area contributed by atoms with Crippen molar-refractivity contribution in [1.82, 2.24) is 0 Å². The molecule has 8 unspecified atom stereocenters. The highest BCUT2D eigenvalue weighted by Gasteiger charge is 2.81. The summed E-state index contributed by atoms with van der Waals surface area (Å²) in [6, 6.07) is 6.84. The van der Waals surface area contributed by atoms with Gasteiger partial charge in [0.15, 0.2) is 23.3 Å². The number of rotatable bonds is 3. The fraction of sp³-hybridized carbons (Fsp3) is 0.625. The number of esters is 1. The van der Waals surface area contributed by atoms with Crippen LogP contribution in [0.2, 0.25) is 0 Å². The van der Waals surface area contributed by atoms with Crippen molar-refractivity contribution < 1.29 is 33.6 Å². The van der Waals surface area contributed by atoms with Gasteiger partial charge in [0.1, 0.15) is 17.4 Å². The zero-order chi connectivity index (χ0) is 28.3. The Morgan fingerprint density at radius 1 is 1.13 bits per heavy atom. The summed E-state index contributed by atoms with van der Waals surface area (Å²) in [4.78, 5) is 28.6. The number of benzene rings is 1. The van der Waals surface area contributed by atoms with Crippen LogP contribution in [0.5, 0.6) is 5.75 Å². The maximum atomic E-state index is 14.9. The van der Waals surface area contributed by atoms with Crippen molar-refractivity contribution in [3.05, 3.63) is 53.1 Å². The molecule has 1 N–H and O–H groups in total. The number of hydrogen-bond acceptors (Lipinski definition) is 7. The van der Waals surface area contributed by atoms with Crippen LogP contribution in [0.4, 0.5) is 0 Å². The van der Waals surface area contributed by atoms with E-state index in [0.29, 0.717) is 17.2 Å². The summed E-state index contributed by atoms with van der Waals surface area (Å²) in [5.74, 6) is -1.59. The molecule has 8 atom stereocenters. The predicted molar refractivity (Wildman–Crippen MR) is 144 cm³/mol. The molecule has 7 nitrogen and oxygen atoms in total. The van der Waals surface area contributed by atoms with Crippen molar-refractivity contribution in [2.24, 2.45) is 34.0 Å². The lowest BCUT2D eigenvalue weighted by Crippen LogP contribution is -2.68. The normalized spacial score (nSPS) is 43.0. The predicted octanol–water partition coefficient (Wildman–Crippen LogP) is 4.88. The molecule has 2 saturated carbocycles. The third-order valence-electron chi connectivity index (χ3n) is 11.2. The molecule has 5 aliphatic rings. The van der Waals surface area contributed by atoms with Gasteiger partial charge in [-0.25, -0.2) is 4.79 Å². The number of para-hydroxylation sites is 1. The van der Waals surface area contributed by atoms with E-state index < -0.39 is 40.9 Å². The van der Waals surface area contributed by atoms with Crippen molar-refractivity contribution in [3.63, 3.8) is 0 Å². The van der Waals surface area contributed by atoms with Crippen LogP contribution in [0, 0.1) is 34.0 Å². The molecule has 0 amide bonds. The Labute approximate surface area is 230 Å². The van der Waals surface area contributed by atoms with E-state index in [1.807, 2.05) is 19.1 Å². The van der Waals surface area contributed by atoms with E-state index in [0.717, 1.165) is 12.0 Å². The van der Waals surface area contributed by atoms with Crippen LogP contribution in [0.1, 0.15) is 65.2 Å². The molecule has 1 spiro atoms. The summed E-state index contributed by atoms with van der Waals surface area (Å²) in [5.41, 5.74) is -1.81. The molecule has 2 bridgehead atoms. The van der Waals surface area contributed by atoms with Crippen molar-refractivity contribution >= 4 is 11.8 Å². The number of carbonyl (C=O) groups is 2. The quantitative estimate of drug-likeness (QED) is 0.435. The van der Waals surface area contributed by atoms with E-state index in [4.69, 9.17) is 18.9 Å². The number of aliphatic hydroxyl groups is 1. The molecule has 7 heteroatoms. The van der Waals surface area contributed by atoms with E-state index in [-0.39, 0.29) is 34.7 Å². The molecule has 3 fully saturated rings. The first-order chi connectivity index (χ1) is 18.2. The smallest absolute Gasteiger partial charge is 0.342 e. The second-order valence-corrected chi connectivity index (χ2v) is 13.5. The van der Waals surface area contributed by atoms with Gasteiger partial charge in [-0.15, -0.1) is 0 Å². The highest BCUT2D eigenvalue weighted by atomic mass is 16.7. The number of Topliss-reactive ketones (excluding diaryl/α,β-unsaturated/α-hetero) is 1. The summed E-state index contributed by atoms with van der Waals surface area (Å²) in [6.07, 6.45) is 2.70. The minimum atomic E-state index is -1.86. The molecule has 210 valence electrons. The molecule has 0 aromatic heterocycles. The topological polar surface area (TPSA) is 91.3 Å². The molecule has 4 aliphatic carbocycles. The van der Waals surface area contributed by atoms with Crippen molar-refractivity contribution in [1.29, 1.82) is 0 Å². The molecule has 0 radical (unpaired) electrons. The Kier molecular flexibility index (Phi) is 5.52. The third kappa shape index (κ3) is 3.15. The van der Waals surface area contributed by atoms with Crippen molar-refractivity contribution in [2.75, 3.05) is 13.7 Å². The summed E-state index contributed by atoms with van der Waals surface area (Å²) < 4.78 is 24.2. The third-order valence-corrected chi connectivity index (χ3v) is 11.2. The maximum Gasteiger partial charge on any atom is 0.342 e. The number of fused-ring (bicyclic) bond motifs is 5. The van der Waals surface area contributed by atoms with Crippen LogP contribution in [-0.4, -0.2) is 54.2 Å².